The molecule has 3 heterocycles. The number of carbonyl (C=O) groups excluding carboxylic acids is 1. The van der Waals surface area contributed by atoms with Crippen LogP contribution in [0.15, 0.2) is 47.6 Å². The van der Waals surface area contributed by atoms with Gasteiger partial charge in [0.2, 0.25) is 5.91 Å². The number of nitrogens with zero attached hydrogens (tertiary/aromatic N) is 4. The Morgan fingerprint density at radius 2 is 1.89 bits per heavy atom. The minimum absolute atomic E-state index is 0.0649. The van der Waals surface area contributed by atoms with E-state index in [1.54, 1.807) is 34.0 Å². The highest BCUT2D eigenvalue weighted by Crippen LogP contribution is 2.25. The lowest BCUT2D eigenvalue weighted by atomic mass is 10.3. The predicted octanol–water partition coefficient (Wildman–Crippen LogP) is 2.94. The summed E-state index contributed by atoms with van der Waals surface area (Å²) in [5.74, 6) is 0.0649. The first-order valence-corrected chi connectivity index (χ1v) is 10.6. The van der Waals surface area contributed by atoms with Crippen LogP contribution < -0.4 is 9.62 Å². The SMILES string of the molecule is CC(C)n1ncc2cc(NS(=O)(=O)c3ccc(N4CCCC4=O)cc3)cnc21. The molecular weight excluding hydrogens is 378 g/mol. The molecule has 0 spiro atoms. The molecule has 2 aromatic heterocycles. The molecule has 0 saturated carbocycles. The highest BCUT2D eigenvalue weighted by atomic mass is 32.2. The summed E-state index contributed by atoms with van der Waals surface area (Å²) in [4.78, 5) is 18.0. The van der Waals surface area contributed by atoms with E-state index in [0.29, 0.717) is 30.0 Å². The van der Waals surface area contributed by atoms with Gasteiger partial charge in [0.25, 0.3) is 10.0 Å². The second-order valence-corrected chi connectivity index (χ2v) is 8.75. The summed E-state index contributed by atoms with van der Waals surface area (Å²) >= 11 is 0. The van der Waals surface area contributed by atoms with Crippen LogP contribution in [0.3, 0.4) is 0 Å². The molecule has 1 aliphatic heterocycles. The number of benzene rings is 1. The largest absolute Gasteiger partial charge is 0.312 e. The molecular formula is C19H21N5O3S. The van der Waals surface area contributed by atoms with E-state index >= 15 is 0 Å². The van der Waals surface area contributed by atoms with E-state index < -0.39 is 10.0 Å². The van der Waals surface area contributed by atoms with E-state index in [9.17, 15) is 13.2 Å². The van der Waals surface area contributed by atoms with Crippen molar-refractivity contribution in [2.24, 2.45) is 0 Å². The standard InChI is InChI=1S/C19H21N5O3S/c1-13(2)24-19-14(11-21-24)10-15(12-20-19)22-28(26,27)17-7-5-16(6-8-17)23-9-3-4-18(23)25/h5-8,10-13,22H,3-4,9H2,1-2H3. The Bertz CT molecular complexity index is 1140. The van der Waals surface area contributed by atoms with Gasteiger partial charge in [0, 0.05) is 30.1 Å². The number of rotatable bonds is 5. The number of hydrogen-bond donors (Lipinski definition) is 1. The molecule has 0 radical (unpaired) electrons. The Hall–Kier alpha value is -2.94. The van der Waals surface area contributed by atoms with Gasteiger partial charge in [0.05, 0.1) is 23.0 Å². The summed E-state index contributed by atoms with van der Waals surface area (Å²) in [7, 11) is -3.77. The van der Waals surface area contributed by atoms with Crippen LogP contribution in [-0.2, 0) is 14.8 Å². The van der Waals surface area contributed by atoms with E-state index in [1.165, 1.54) is 18.3 Å². The normalized spacial score (nSPS) is 15.0. The Morgan fingerprint density at radius 3 is 2.54 bits per heavy atom. The van der Waals surface area contributed by atoms with Gasteiger partial charge in [-0.2, -0.15) is 5.10 Å². The zero-order valence-electron chi connectivity index (χ0n) is 15.7. The Kier molecular flexibility index (Phi) is 4.54. The number of aromatic nitrogens is 3. The summed E-state index contributed by atoms with van der Waals surface area (Å²) in [6.45, 7) is 4.67. The molecule has 28 heavy (non-hydrogen) atoms. The average molecular weight is 399 g/mol. The molecule has 3 aromatic rings. The third-order valence-electron chi connectivity index (χ3n) is 4.71. The maximum atomic E-state index is 12.7. The number of hydrogen-bond acceptors (Lipinski definition) is 5. The van der Waals surface area contributed by atoms with Crippen molar-refractivity contribution in [3.63, 3.8) is 0 Å². The van der Waals surface area contributed by atoms with Crippen LogP contribution in [0, 0.1) is 0 Å². The van der Waals surface area contributed by atoms with Crippen LogP contribution in [0.5, 0.6) is 0 Å². The molecule has 9 heteroatoms. The maximum absolute atomic E-state index is 12.7. The number of carbonyl (C=O) groups is 1. The fourth-order valence-corrected chi connectivity index (χ4v) is 4.35. The predicted molar refractivity (Wildman–Crippen MR) is 107 cm³/mol. The quantitative estimate of drug-likeness (QED) is 0.711. The average Bonchev–Trinajstić information content (AvgIpc) is 3.27. The summed E-state index contributed by atoms with van der Waals surface area (Å²) in [5, 5.41) is 5.05. The molecule has 8 nitrogen and oxygen atoms in total. The minimum atomic E-state index is -3.77. The molecule has 0 bridgehead atoms. The molecule has 0 aliphatic carbocycles. The van der Waals surface area contributed by atoms with Crippen molar-refractivity contribution in [1.29, 1.82) is 0 Å². The first kappa shape index (κ1) is 18.4. The molecule has 4 rings (SSSR count). The summed E-state index contributed by atoms with van der Waals surface area (Å²) < 4.78 is 29.8. The number of fused-ring (bicyclic) bond motifs is 1. The molecule has 1 saturated heterocycles. The van der Waals surface area contributed by atoms with Crippen LogP contribution in [0.1, 0.15) is 32.7 Å². The summed E-state index contributed by atoms with van der Waals surface area (Å²) in [5.41, 5.74) is 1.79. The van der Waals surface area contributed by atoms with Gasteiger partial charge in [0.15, 0.2) is 5.65 Å². The van der Waals surface area contributed by atoms with Gasteiger partial charge < -0.3 is 4.90 Å². The molecule has 0 unspecified atom stereocenters. The van der Waals surface area contributed by atoms with Gasteiger partial charge in [-0.1, -0.05) is 0 Å². The van der Waals surface area contributed by atoms with E-state index in [1.807, 2.05) is 13.8 Å². The van der Waals surface area contributed by atoms with Gasteiger partial charge in [-0.05, 0) is 50.6 Å². The van der Waals surface area contributed by atoms with Crippen molar-refractivity contribution in [1.82, 2.24) is 14.8 Å². The molecule has 1 aliphatic rings. The van der Waals surface area contributed by atoms with Crippen LogP contribution in [-0.4, -0.2) is 35.6 Å². The lowest BCUT2D eigenvalue weighted by molar-refractivity contribution is -0.117. The van der Waals surface area contributed by atoms with Crippen molar-refractivity contribution in [3.05, 3.63) is 42.7 Å². The number of pyridine rings is 1. The van der Waals surface area contributed by atoms with E-state index in [-0.39, 0.29) is 16.8 Å². The van der Waals surface area contributed by atoms with Crippen molar-refractivity contribution in [2.75, 3.05) is 16.2 Å². The topological polar surface area (TPSA) is 97.2 Å². The lowest BCUT2D eigenvalue weighted by Crippen LogP contribution is -2.23. The van der Waals surface area contributed by atoms with Gasteiger partial charge >= 0.3 is 0 Å². The van der Waals surface area contributed by atoms with E-state index in [0.717, 1.165) is 11.8 Å². The smallest absolute Gasteiger partial charge is 0.261 e. The van der Waals surface area contributed by atoms with Crippen molar-refractivity contribution >= 4 is 38.3 Å². The zero-order chi connectivity index (χ0) is 19.9. The zero-order valence-corrected chi connectivity index (χ0v) is 16.5. The number of sulfonamides is 1. The Labute approximate surface area is 163 Å². The van der Waals surface area contributed by atoms with Crippen LogP contribution >= 0.6 is 0 Å². The molecule has 1 amide bonds. The van der Waals surface area contributed by atoms with Gasteiger partial charge in [-0.15, -0.1) is 0 Å². The van der Waals surface area contributed by atoms with Crippen LogP contribution in [0.25, 0.3) is 11.0 Å². The molecule has 146 valence electrons. The Balaban J connectivity index is 1.57. The van der Waals surface area contributed by atoms with Crippen molar-refractivity contribution < 1.29 is 13.2 Å². The van der Waals surface area contributed by atoms with Crippen LogP contribution in [0.4, 0.5) is 11.4 Å². The lowest BCUT2D eigenvalue weighted by Gasteiger charge is -2.16. The molecule has 1 aromatic carbocycles. The first-order valence-electron chi connectivity index (χ1n) is 9.12. The second-order valence-electron chi connectivity index (χ2n) is 7.07. The van der Waals surface area contributed by atoms with Gasteiger partial charge in [0.1, 0.15) is 0 Å². The highest BCUT2D eigenvalue weighted by molar-refractivity contribution is 7.92. The van der Waals surface area contributed by atoms with Crippen molar-refractivity contribution in [3.8, 4) is 0 Å². The second kappa shape index (κ2) is 6.90. The highest BCUT2D eigenvalue weighted by Gasteiger charge is 2.22. The van der Waals surface area contributed by atoms with Gasteiger partial charge in [-0.3, -0.25) is 9.52 Å². The third kappa shape index (κ3) is 3.33. The number of anilines is 2. The number of nitrogens with one attached hydrogen (secondary N) is 1. The summed E-state index contributed by atoms with van der Waals surface area (Å²) in [6, 6.07) is 8.20. The number of amides is 1. The monoisotopic (exact) mass is 399 g/mol. The molecule has 0 atom stereocenters. The first-order chi connectivity index (χ1) is 13.3. The van der Waals surface area contributed by atoms with E-state index in [2.05, 4.69) is 14.8 Å². The fourth-order valence-electron chi connectivity index (χ4n) is 3.31. The van der Waals surface area contributed by atoms with Crippen molar-refractivity contribution in [2.45, 2.75) is 37.6 Å². The molecule has 1 N–H and O–H groups in total. The third-order valence-corrected chi connectivity index (χ3v) is 6.10. The fraction of sp³-hybridized carbons (Fsp3) is 0.316. The Morgan fingerprint density at radius 1 is 1.14 bits per heavy atom. The summed E-state index contributed by atoms with van der Waals surface area (Å²) in [6.07, 6.45) is 4.51. The molecule has 1 fully saturated rings. The van der Waals surface area contributed by atoms with Crippen LogP contribution in [0.2, 0.25) is 0 Å². The van der Waals surface area contributed by atoms with Gasteiger partial charge in [-0.25, -0.2) is 18.1 Å². The van der Waals surface area contributed by atoms with E-state index in [4.69, 9.17) is 0 Å². The minimum Gasteiger partial charge on any atom is -0.312 e. The maximum Gasteiger partial charge on any atom is 0.261 e.